The number of carbonyl (C=O) groups excluding carboxylic acids is 2. The van der Waals surface area contributed by atoms with E-state index in [1.54, 1.807) is 26.1 Å². The molecule has 0 aliphatic rings. The number of carboxylic acid groups (broad SMARTS) is 1. The van der Waals surface area contributed by atoms with E-state index in [0.29, 0.717) is 12.0 Å². The number of benzene rings is 2. The number of likely N-dealkylation sites (N-methyl/N-ethyl adjacent to an activating group) is 2. The summed E-state index contributed by atoms with van der Waals surface area (Å²) in [5.41, 5.74) is 1.64. The second-order valence-corrected chi connectivity index (χ2v) is 7.43. The van der Waals surface area contributed by atoms with Gasteiger partial charge >= 0.3 is 5.97 Å². The van der Waals surface area contributed by atoms with Crippen molar-refractivity contribution >= 4 is 17.8 Å². The van der Waals surface area contributed by atoms with Crippen molar-refractivity contribution in [2.75, 3.05) is 14.1 Å². The maximum atomic E-state index is 12.9. The number of carbonyl (C=O) groups is 3. The molecule has 0 spiro atoms. The summed E-state index contributed by atoms with van der Waals surface area (Å²) in [5, 5.41) is 24.4. The van der Waals surface area contributed by atoms with Crippen LogP contribution in [0.25, 0.3) is 0 Å². The van der Waals surface area contributed by atoms with Crippen molar-refractivity contribution in [3.63, 3.8) is 0 Å². The highest BCUT2D eigenvalue weighted by atomic mass is 16.4. The van der Waals surface area contributed by atoms with Gasteiger partial charge in [0.05, 0.1) is 6.04 Å². The van der Waals surface area contributed by atoms with E-state index in [0.717, 1.165) is 5.56 Å². The smallest absolute Gasteiger partial charge is 0.326 e. The molecule has 0 aromatic heterocycles. The molecular formula is C23H29N3O5. The van der Waals surface area contributed by atoms with E-state index in [4.69, 9.17) is 0 Å². The minimum Gasteiger partial charge on any atom is -0.508 e. The molecule has 8 nitrogen and oxygen atoms in total. The van der Waals surface area contributed by atoms with Crippen molar-refractivity contribution in [1.29, 1.82) is 0 Å². The van der Waals surface area contributed by atoms with Crippen molar-refractivity contribution in [3.05, 3.63) is 65.7 Å². The average molecular weight is 428 g/mol. The van der Waals surface area contributed by atoms with Gasteiger partial charge in [-0.1, -0.05) is 42.5 Å². The monoisotopic (exact) mass is 427 g/mol. The number of amides is 2. The number of aliphatic carboxylic acids is 1. The first-order chi connectivity index (χ1) is 14.7. The van der Waals surface area contributed by atoms with E-state index in [2.05, 4.69) is 10.6 Å². The fourth-order valence-corrected chi connectivity index (χ4v) is 3.14. The number of carboxylic acids is 1. The summed E-state index contributed by atoms with van der Waals surface area (Å²) in [5.74, 6) is -1.93. The van der Waals surface area contributed by atoms with Crippen LogP contribution in [0.15, 0.2) is 54.6 Å². The lowest BCUT2D eigenvalue weighted by atomic mass is 10.0. The van der Waals surface area contributed by atoms with Crippen LogP contribution in [0.5, 0.6) is 5.75 Å². The van der Waals surface area contributed by atoms with Crippen molar-refractivity contribution in [1.82, 2.24) is 15.5 Å². The quantitative estimate of drug-likeness (QED) is 0.452. The number of phenolic OH excluding ortho intramolecular Hbond substituents is 1. The van der Waals surface area contributed by atoms with E-state index >= 15 is 0 Å². The van der Waals surface area contributed by atoms with Gasteiger partial charge in [0.25, 0.3) is 0 Å². The third kappa shape index (κ3) is 6.82. The lowest BCUT2D eigenvalue weighted by Crippen LogP contribution is -2.55. The molecule has 8 heteroatoms. The Morgan fingerprint density at radius 3 is 2.03 bits per heavy atom. The fraction of sp³-hybridized carbons (Fsp3) is 0.348. The number of hydrogen-bond acceptors (Lipinski definition) is 5. The van der Waals surface area contributed by atoms with Crippen molar-refractivity contribution in [2.45, 2.75) is 37.9 Å². The van der Waals surface area contributed by atoms with Gasteiger partial charge in [-0.15, -0.1) is 0 Å². The van der Waals surface area contributed by atoms with E-state index in [9.17, 15) is 24.6 Å². The average Bonchev–Trinajstić information content (AvgIpc) is 2.77. The minimum absolute atomic E-state index is 0.0544. The number of hydrogen-bond donors (Lipinski definition) is 4. The van der Waals surface area contributed by atoms with Crippen molar-refractivity contribution < 1.29 is 24.6 Å². The van der Waals surface area contributed by atoms with Gasteiger partial charge < -0.3 is 25.7 Å². The van der Waals surface area contributed by atoms with E-state index < -0.39 is 30.0 Å². The van der Waals surface area contributed by atoms with Crippen LogP contribution in [0.4, 0.5) is 0 Å². The molecule has 0 unspecified atom stereocenters. The van der Waals surface area contributed by atoms with Gasteiger partial charge in [-0.05, 0) is 43.7 Å². The molecule has 2 amide bonds. The topological polar surface area (TPSA) is 119 Å². The molecule has 0 fully saturated rings. The SMILES string of the molecule is CN[C@@H](Cc1ccccc1)C(=O)N(C)[C@@H](C)C(=O)N[C@@H](Cc1ccc(O)cc1)C(=O)O. The zero-order chi connectivity index (χ0) is 23.0. The number of nitrogens with one attached hydrogen (secondary N) is 2. The summed E-state index contributed by atoms with van der Waals surface area (Å²) < 4.78 is 0. The summed E-state index contributed by atoms with van der Waals surface area (Å²) >= 11 is 0. The first kappa shape index (κ1) is 23.9. The Morgan fingerprint density at radius 1 is 0.935 bits per heavy atom. The molecule has 4 N–H and O–H groups in total. The minimum atomic E-state index is -1.18. The number of rotatable bonds is 10. The Labute approximate surface area is 181 Å². The van der Waals surface area contributed by atoms with Gasteiger partial charge in [0.15, 0.2) is 0 Å². The van der Waals surface area contributed by atoms with Gasteiger partial charge in [-0.3, -0.25) is 9.59 Å². The Morgan fingerprint density at radius 2 is 1.48 bits per heavy atom. The van der Waals surface area contributed by atoms with Gasteiger partial charge in [-0.25, -0.2) is 4.79 Å². The maximum Gasteiger partial charge on any atom is 0.326 e. The normalized spacial score (nSPS) is 13.6. The van der Waals surface area contributed by atoms with Gasteiger partial charge in [0, 0.05) is 13.5 Å². The molecule has 2 rings (SSSR count). The molecule has 0 bridgehead atoms. The summed E-state index contributed by atoms with van der Waals surface area (Å²) in [6, 6.07) is 13.1. The van der Waals surface area contributed by atoms with Gasteiger partial charge in [-0.2, -0.15) is 0 Å². The second-order valence-electron chi connectivity index (χ2n) is 7.43. The Balaban J connectivity index is 2.02. The Kier molecular flexibility index (Phi) is 8.57. The van der Waals surface area contributed by atoms with Crippen molar-refractivity contribution in [2.24, 2.45) is 0 Å². The molecule has 31 heavy (non-hydrogen) atoms. The lowest BCUT2D eigenvalue weighted by molar-refractivity contribution is -0.144. The molecule has 0 aliphatic heterocycles. The molecule has 0 aliphatic carbocycles. The highest BCUT2D eigenvalue weighted by Gasteiger charge is 2.30. The van der Waals surface area contributed by atoms with Crippen LogP contribution < -0.4 is 10.6 Å². The fourth-order valence-electron chi connectivity index (χ4n) is 3.14. The van der Waals surface area contributed by atoms with E-state index in [-0.39, 0.29) is 18.1 Å². The molecule has 166 valence electrons. The molecule has 0 saturated carbocycles. The highest BCUT2D eigenvalue weighted by Crippen LogP contribution is 2.12. The molecule has 0 heterocycles. The second kappa shape index (κ2) is 11.1. The maximum absolute atomic E-state index is 12.9. The lowest BCUT2D eigenvalue weighted by Gasteiger charge is -2.29. The van der Waals surface area contributed by atoms with E-state index in [1.165, 1.54) is 24.1 Å². The summed E-state index contributed by atoms with van der Waals surface area (Å²) in [6.45, 7) is 1.56. The zero-order valence-electron chi connectivity index (χ0n) is 17.9. The first-order valence-corrected chi connectivity index (χ1v) is 10.0. The predicted octanol–water partition coefficient (Wildman–Crippen LogP) is 1.18. The Bertz CT molecular complexity index is 886. The number of aromatic hydroxyl groups is 1. The first-order valence-electron chi connectivity index (χ1n) is 10.0. The highest BCUT2D eigenvalue weighted by molar-refractivity contribution is 5.91. The van der Waals surface area contributed by atoms with Crippen LogP contribution in [-0.4, -0.2) is 65.1 Å². The summed E-state index contributed by atoms with van der Waals surface area (Å²) in [4.78, 5) is 38.6. The molecule has 2 aromatic carbocycles. The Hall–Kier alpha value is -3.39. The number of phenols is 1. The largest absolute Gasteiger partial charge is 0.508 e. The van der Waals surface area contributed by atoms with Crippen LogP contribution in [0, 0.1) is 0 Å². The third-order valence-electron chi connectivity index (χ3n) is 5.23. The van der Waals surface area contributed by atoms with Crippen LogP contribution in [0.3, 0.4) is 0 Å². The van der Waals surface area contributed by atoms with Crippen LogP contribution in [0.1, 0.15) is 18.1 Å². The predicted molar refractivity (Wildman–Crippen MR) is 117 cm³/mol. The molecule has 2 aromatic rings. The summed E-state index contributed by atoms with van der Waals surface area (Å²) in [7, 11) is 3.21. The van der Waals surface area contributed by atoms with E-state index in [1.807, 2.05) is 30.3 Å². The standard InChI is InChI=1S/C23H29N3O5/c1-15(26(3)22(29)19(24-2)13-16-7-5-4-6-8-16)21(28)25-20(23(30)31)14-17-9-11-18(27)12-10-17/h4-12,15,19-20,24,27H,13-14H2,1-3H3,(H,25,28)(H,30,31)/t15-,19-,20-/m0/s1. The number of nitrogens with zero attached hydrogens (tertiary/aromatic N) is 1. The van der Waals surface area contributed by atoms with Crippen LogP contribution >= 0.6 is 0 Å². The van der Waals surface area contributed by atoms with Crippen molar-refractivity contribution in [3.8, 4) is 5.75 Å². The molecular weight excluding hydrogens is 398 g/mol. The zero-order valence-corrected chi connectivity index (χ0v) is 17.9. The molecule has 3 atom stereocenters. The van der Waals surface area contributed by atoms with Crippen LogP contribution in [-0.2, 0) is 27.2 Å². The summed E-state index contributed by atoms with van der Waals surface area (Å²) in [6.07, 6.45) is 0.520. The third-order valence-corrected chi connectivity index (χ3v) is 5.23. The van der Waals surface area contributed by atoms with Gasteiger partial charge in [0.2, 0.25) is 11.8 Å². The van der Waals surface area contributed by atoms with Gasteiger partial charge in [0.1, 0.15) is 17.8 Å². The molecule has 0 radical (unpaired) electrons. The van der Waals surface area contributed by atoms with Crippen LogP contribution in [0.2, 0.25) is 0 Å². The molecule has 0 saturated heterocycles.